The highest BCUT2D eigenvalue weighted by molar-refractivity contribution is 5.45. The van der Waals surface area contributed by atoms with Crippen LogP contribution in [0.5, 0.6) is 5.75 Å². The highest BCUT2D eigenvalue weighted by Crippen LogP contribution is 2.19. The Morgan fingerprint density at radius 1 is 1.39 bits per heavy atom. The van der Waals surface area contributed by atoms with Gasteiger partial charge in [0.25, 0.3) is 0 Å². The van der Waals surface area contributed by atoms with Crippen LogP contribution in [-0.2, 0) is 11.3 Å². The molecule has 0 aliphatic heterocycles. The van der Waals surface area contributed by atoms with E-state index in [-0.39, 0.29) is 0 Å². The topological polar surface area (TPSA) is 45.5 Å². The van der Waals surface area contributed by atoms with Gasteiger partial charge >= 0.3 is 0 Å². The van der Waals surface area contributed by atoms with Crippen molar-refractivity contribution in [3.05, 3.63) is 29.3 Å². The minimum atomic E-state index is 0.577. The van der Waals surface area contributed by atoms with Crippen LogP contribution in [0.25, 0.3) is 0 Å². The molecule has 0 aliphatic rings. The third-order valence-corrected chi connectivity index (χ3v) is 2.66. The maximum Gasteiger partial charge on any atom is 0.136 e. The molecule has 0 amide bonds. The first-order valence-electron chi connectivity index (χ1n) is 6.04. The van der Waals surface area contributed by atoms with Crippen molar-refractivity contribution in [1.82, 2.24) is 4.90 Å². The fourth-order valence-electron chi connectivity index (χ4n) is 1.70. The monoisotopic (exact) mass is 248 g/mol. The molecule has 0 atom stereocenters. The second kappa shape index (κ2) is 7.70. The number of rotatable bonds is 7. The van der Waals surface area contributed by atoms with Gasteiger partial charge < -0.3 is 9.47 Å². The summed E-state index contributed by atoms with van der Waals surface area (Å²) in [4.78, 5) is 2.17. The molecule has 18 heavy (non-hydrogen) atoms. The van der Waals surface area contributed by atoms with E-state index >= 15 is 0 Å². The third-order valence-electron chi connectivity index (χ3n) is 2.66. The van der Waals surface area contributed by atoms with Crippen molar-refractivity contribution in [2.75, 3.05) is 33.9 Å². The van der Waals surface area contributed by atoms with Gasteiger partial charge in [0, 0.05) is 19.7 Å². The van der Waals surface area contributed by atoms with Crippen LogP contribution in [0.1, 0.15) is 18.1 Å². The SMILES string of the molecule is CCOCCN(C)Cc1ccc(OC)c(C#N)c1. The molecule has 0 saturated carbocycles. The van der Waals surface area contributed by atoms with Crippen LogP contribution in [0.15, 0.2) is 18.2 Å². The van der Waals surface area contributed by atoms with E-state index in [9.17, 15) is 0 Å². The van der Waals surface area contributed by atoms with E-state index < -0.39 is 0 Å². The first-order chi connectivity index (χ1) is 8.71. The molecule has 0 aliphatic carbocycles. The Bertz CT molecular complexity index is 413. The van der Waals surface area contributed by atoms with E-state index in [1.807, 2.05) is 32.2 Å². The molecule has 1 rings (SSSR count). The molecule has 0 spiro atoms. The first kappa shape index (κ1) is 14.5. The zero-order valence-electron chi connectivity index (χ0n) is 11.3. The Labute approximate surface area is 109 Å². The minimum absolute atomic E-state index is 0.577. The Hall–Kier alpha value is -1.57. The largest absolute Gasteiger partial charge is 0.495 e. The number of hydrogen-bond donors (Lipinski definition) is 0. The molecular formula is C14H20N2O2. The Morgan fingerprint density at radius 2 is 2.17 bits per heavy atom. The number of nitrogens with zero attached hydrogens (tertiary/aromatic N) is 2. The van der Waals surface area contributed by atoms with Crippen LogP contribution >= 0.6 is 0 Å². The van der Waals surface area contributed by atoms with Gasteiger partial charge in [0.1, 0.15) is 11.8 Å². The van der Waals surface area contributed by atoms with Crippen molar-refractivity contribution in [2.45, 2.75) is 13.5 Å². The van der Waals surface area contributed by atoms with Crippen LogP contribution in [0.3, 0.4) is 0 Å². The van der Waals surface area contributed by atoms with E-state index in [1.54, 1.807) is 7.11 Å². The van der Waals surface area contributed by atoms with E-state index in [1.165, 1.54) is 0 Å². The Morgan fingerprint density at radius 3 is 2.78 bits per heavy atom. The van der Waals surface area contributed by atoms with Gasteiger partial charge in [0.05, 0.1) is 19.3 Å². The molecule has 0 aromatic heterocycles. The lowest BCUT2D eigenvalue weighted by molar-refractivity contribution is 0.120. The summed E-state index contributed by atoms with van der Waals surface area (Å²) in [5, 5.41) is 9.02. The number of benzene rings is 1. The molecule has 4 nitrogen and oxygen atoms in total. The van der Waals surface area contributed by atoms with Crippen molar-refractivity contribution in [1.29, 1.82) is 5.26 Å². The molecule has 0 heterocycles. The third kappa shape index (κ3) is 4.36. The fraction of sp³-hybridized carbons (Fsp3) is 0.500. The van der Waals surface area contributed by atoms with Gasteiger partial charge in [-0.25, -0.2) is 0 Å². The lowest BCUT2D eigenvalue weighted by atomic mass is 10.1. The van der Waals surface area contributed by atoms with Gasteiger partial charge in [0.15, 0.2) is 0 Å². The zero-order chi connectivity index (χ0) is 13.4. The summed E-state index contributed by atoms with van der Waals surface area (Å²) in [6, 6.07) is 7.84. The lowest BCUT2D eigenvalue weighted by Gasteiger charge is -2.17. The summed E-state index contributed by atoms with van der Waals surface area (Å²) < 4.78 is 10.4. The van der Waals surface area contributed by atoms with Gasteiger partial charge in [0.2, 0.25) is 0 Å². The molecule has 1 aromatic rings. The normalized spacial score (nSPS) is 10.4. The van der Waals surface area contributed by atoms with Crippen molar-refractivity contribution < 1.29 is 9.47 Å². The maximum atomic E-state index is 9.02. The molecule has 1 aromatic carbocycles. The van der Waals surface area contributed by atoms with Gasteiger partial charge in [-0.2, -0.15) is 5.26 Å². The van der Waals surface area contributed by atoms with Gasteiger partial charge in [-0.1, -0.05) is 6.07 Å². The quantitative estimate of drug-likeness (QED) is 0.693. The second-order valence-electron chi connectivity index (χ2n) is 4.08. The molecule has 0 bridgehead atoms. The summed E-state index contributed by atoms with van der Waals surface area (Å²) in [6.45, 7) is 5.14. The average Bonchev–Trinajstić information content (AvgIpc) is 2.39. The smallest absolute Gasteiger partial charge is 0.136 e. The van der Waals surface area contributed by atoms with E-state index in [0.717, 1.165) is 31.9 Å². The Balaban J connectivity index is 2.59. The van der Waals surface area contributed by atoms with Crippen LogP contribution < -0.4 is 4.74 Å². The predicted octanol–water partition coefficient (Wildman–Crippen LogP) is 2.04. The number of methoxy groups -OCH3 is 1. The second-order valence-corrected chi connectivity index (χ2v) is 4.08. The van der Waals surface area contributed by atoms with Crippen molar-refractivity contribution >= 4 is 0 Å². The van der Waals surface area contributed by atoms with Gasteiger partial charge in [-0.15, -0.1) is 0 Å². The molecule has 0 N–H and O–H groups in total. The first-order valence-corrected chi connectivity index (χ1v) is 6.04. The molecule has 0 radical (unpaired) electrons. The van der Waals surface area contributed by atoms with Crippen LogP contribution in [-0.4, -0.2) is 38.8 Å². The summed E-state index contributed by atoms with van der Waals surface area (Å²) >= 11 is 0. The lowest BCUT2D eigenvalue weighted by Crippen LogP contribution is -2.22. The molecule has 0 unspecified atom stereocenters. The van der Waals surface area contributed by atoms with Crippen LogP contribution in [0.2, 0.25) is 0 Å². The summed E-state index contributed by atoms with van der Waals surface area (Å²) in [5.74, 6) is 0.623. The number of likely N-dealkylation sites (N-methyl/N-ethyl adjacent to an activating group) is 1. The summed E-state index contributed by atoms with van der Waals surface area (Å²) in [6.07, 6.45) is 0. The van der Waals surface area contributed by atoms with Crippen molar-refractivity contribution in [3.63, 3.8) is 0 Å². The molecule has 0 fully saturated rings. The molecular weight excluding hydrogens is 228 g/mol. The zero-order valence-corrected chi connectivity index (χ0v) is 11.3. The van der Waals surface area contributed by atoms with Crippen LogP contribution in [0, 0.1) is 11.3 Å². The van der Waals surface area contributed by atoms with Crippen molar-refractivity contribution in [3.8, 4) is 11.8 Å². The molecule has 98 valence electrons. The standard InChI is InChI=1S/C14H20N2O2/c1-4-18-8-7-16(2)11-12-5-6-14(17-3)13(9-12)10-15/h5-6,9H,4,7-8,11H2,1-3H3. The number of nitriles is 1. The summed E-state index contributed by atoms with van der Waals surface area (Å²) in [7, 11) is 3.61. The van der Waals surface area contributed by atoms with E-state index in [2.05, 4.69) is 11.0 Å². The number of hydrogen-bond acceptors (Lipinski definition) is 4. The van der Waals surface area contributed by atoms with Gasteiger partial charge in [-0.3, -0.25) is 4.90 Å². The molecule has 0 saturated heterocycles. The maximum absolute atomic E-state index is 9.02. The predicted molar refractivity (Wildman–Crippen MR) is 70.5 cm³/mol. The van der Waals surface area contributed by atoms with E-state index in [4.69, 9.17) is 14.7 Å². The summed E-state index contributed by atoms with van der Waals surface area (Å²) in [5.41, 5.74) is 1.68. The molecule has 4 heteroatoms. The Kier molecular flexibility index (Phi) is 6.20. The van der Waals surface area contributed by atoms with Crippen LogP contribution in [0.4, 0.5) is 0 Å². The van der Waals surface area contributed by atoms with E-state index in [0.29, 0.717) is 11.3 Å². The highest BCUT2D eigenvalue weighted by Gasteiger charge is 2.05. The average molecular weight is 248 g/mol. The van der Waals surface area contributed by atoms with Crippen molar-refractivity contribution in [2.24, 2.45) is 0 Å². The highest BCUT2D eigenvalue weighted by atomic mass is 16.5. The number of ether oxygens (including phenoxy) is 2. The fourth-order valence-corrected chi connectivity index (χ4v) is 1.70. The minimum Gasteiger partial charge on any atom is -0.495 e. The van der Waals surface area contributed by atoms with Gasteiger partial charge in [-0.05, 0) is 31.7 Å².